The molecule has 3 rings (SSSR count). The zero-order chi connectivity index (χ0) is 20.8. The van der Waals surface area contributed by atoms with E-state index in [1.165, 1.54) is 36.2 Å². The van der Waals surface area contributed by atoms with Crippen LogP contribution in [0.25, 0.3) is 16.7 Å². The molecule has 0 atom stereocenters. The van der Waals surface area contributed by atoms with Gasteiger partial charge < -0.3 is 9.88 Å². The smallest absolute Gasteiger partial charge is 0.267 e. The summed E-state index contributed by atoms with van der Waals surface area (Å²) in [6.07, 6.45) is 8.53. The number of fused-ring (bicyclic) bond motifs is 2. The zero-order valence-corrected chi connectivity index (χ0v) is 17.2. The maximum atomic E-state index is 12.9. The first-order valence-electron chi connectivity index (χ1n) is 10.5. The van der Waals surface area contributed by atoms with Gasteiger partial charge in [0.1, 0.15) is 16.8 Å². The van der Waals surface area contributed by atoms with Gasteiger partial charge in [-0.15, -0.1) is 0 Å². The number of aromatic nitrogens is 3. The average Bonchev–Trinajstić information content (AvgIpc) is 2.73. The van der Waals surface area contributed by atoms with Crippen LogP contribution in [0.15, 0.2) is 35.3 Å². The number of carbonyl (C=O) groups excluding carboxylic acids is 1. The molecule has 7 nitrogen and oxygen atoms in total. The summed E-state index contributed by atoms with van der Waals surface area (Å²) in [5, 5.41) is 11.7. The Bertz CT molecular complexity index is 1130. The number of hydrogen-bond donors (Lipinski definition) is 2. The Kier molecular flexibility index (Phi) is 6.80. The summed E-state index contributed by atoms with van der Waals surface area (Å²) in [5.41, 5.74) is 0.999. The largest absolute Gasteiger partial charge is 0.352 e. The van der Waals surface area contributed by atoms with Crippen molar-refractivity contribution >= 4 is 22.6 Å². The molecule has 7 heteroatoms. The Labute approximate surface area is 169 Å². The molecule has 29 heavy (non-hydrogen) atoms. The van der Waals surface area contributed by atoms with Gasteiger partial charge in [0.2, 0.25) is 0 Å². The highest BCUT2D eigenvalue weighted by molar-refractivity contribution is 5.96. The Morgan fingerprint density at radius 1 is 1.14 bits per heavy atom. The SMILES string of the molecule is CCCCCCCCNC(=O)c1cc2c(=O)n3ccccc3nc2n(CC)c1=N. The fraction of sp³-hybridized carbons (Fsp3) is 0.455. The minimum Gasteiger partial charge on any atom is -0.352 e. The molecule has 0 aromatic carbocycles. The molecule has 1 amide bonds. The summed E-state index contributed by atoms with van der Waals surface area (Å²) in [6, 6.07) is 6.85. The van der Waals surface area contributed by atoms with Crippen LogP contribution >= 0.6 is 0 Å². The summed E-state index contributed by atoms with van der Waals surface area (Å²) in [4.78, 5) is 30.2. The lowest BCUT2D eigenvalue weighted by Crippen LogP contribution is -2.35. The minimum atomic E-state index is -0.315. The van der Waals surface area contributed by atoms with Crippen LogP contribution in [0.3, 0.4) is 0 Å². The first kappa shape index (κ1) is 20.8. The van der Waals surface area contributed by atoms with E-state index in [0.717, 1.165) is 12.8 Å². The molecule has 0 aliphatic rings. The molecule has 3 aromatic rings. The highest BCUT2D eigenvalue weighted by atomic mass is 16.1. The number of hydrogen-bond acceptors (Lipinski definition) is 4. The Balaban J connectivity index is 1.88. The quantitative estimate of drug-likeness (QED) is 0.430. The molecule has 0 fully saturated rings. The molecule has 0 saturated carbocycles. The van der Waals surface area contributed by atoms with Crippen molar-refractivity contribution in [1.82, 2.24) is 19.3 Å². The topological polar surface area (TPSA) is 92.2 Å². The van der Waals surface area contributed by atoms with E-state index in [1.54, 1.807) is 22.9 Å². The Hall–Kier alpha value is -2.96. The molecule has 3 aromatic heterocycles. The summed E-state index contributed by atoms with van der Waals surface area (Å²) < 4.78 is 3.08. The van der Waals surface area contributed by atoms with Crippen molar-refractivity contribution in [2.75, 3.05) is 6.54 Å². The van der Waals surface area contributed by atoms with Crippen LogP contribution in [-0.2, 0) is 6.54 Å². The number of amides is 1. The van der Waals surface area contributed by atoms with Crippen LogP contribution in [0, 0.1) is 5.41 Å². The molecule has 0 aliphatic heterocycles. The Morgan fingerprint density at radius 2 is 1.90 bits per heavy atom. The van der Waals surface area contributed by atoms with Gasteiger partial charge in [-0.2, -0.15) is 0 Å². The maximum absolute atomic E-state index is 12.9. The second kappa shape index (κ2) is 9.49. The fourth-order valence-electron chi connectivity index (χ4n) is 3.57. The van der Waals surface area contributed by atoms with Crippen LogP contribution in [0.1, 0.15) is 62.7 Å². The molecule has 0 saturated heterocycles. The van der Waals surface area contributed by atoms with Gasteiger partial charge in [-0.3, -0.25) is 19.4 Å². The monoisotopic (exact) mass is 395 g/mol. The summed E-state index contributed by atoms with van der Waals surface area (Å²) >= 11 is 0. The maximum Gasteiger partial charge on any atom is 0.267 e. The molecule has 2 N–H and O–H groups in total. The molecular weight excluding hydrogens is 366 g/mol. The Morgan fingerprint density at radius 3 is 2.66 bits per heavy atom. The van der Waals surface area contributed by atoms with E-state index in [9.17, 15) is 9.59 Å². The molecule has 0 unspecified atom stereocenters. The van der Waals surface area contributed by atoms with E-state index in [0.29, 0.717) is 29.8 Å². The van der Waals surface area contributed by atoms with Gasteiger partial charge in [-0.05, 0) is 31.5 Å². The third-order valence-electron chi connectivity index (χ3n) is 5.20. The number of pyridine rings is 2. The van der Waals surface area contributed by atoms with Crippen molar-refractivity contribution in [3.63, 3.8) is 0 Å². The lowest BCUT2D eigenvalue weighted by atomic mass is 10.1. The van der Waals surface area contributed by atoms with E-state index in [2.05, 4.69) is 17.2 Å². The first-order chi connectivity index (χ1) is 14.1. The van der Waals surface area contributed by atoms with Crippen LogP contribution in [0.4, 0.5) is 0 Å². The predicted octanol–water partition coefficient (Wildman–Crippen LogP) is 3.24. The van der Waals surface area contributed by atoms with E-state index >= 15 is 0 Å². The van der Waals surface area contributed by atoms with Gasteiger partial charge in [-0.25, -0.2) is 4.98 Å². The highest BCUT2D eigenvalue weighted by Crippen LogP contribution is 2.10. The van der Waals surface area contributed by atoms with Crippen molar-refractivity contribution < 1.29 is 4.79 Å². The third kappa shape index (κ3) is 4.39. The van der Waals surface area contributed by atoms with Crippen molar-refractivity contribution in [3.05, 3.63) is 51.9 Å². The van der Waals surface area contributed by atoms with Crippen LogP contribution < -0.4 is 16.4 Å². The number of carbonyl (C=O) groups is 1. The number of aryl methyl sites for hydroxylation is 1. The fourth-order valence-corrected chi connectivity index (χ4v) is 3.57. The molecule has 0 radical (unpaired) electrons. The number of nitrogens with zero attached hydrogens (tertiary/aromatic N) is 3. The van der Waals surface area contributed by atoms with Crippen molar-refractivity contribution in [1.29, 1.82) is 5.41 Å². The molecular formula is C22H29N5O2. The van der Waals surface area contributed by atoms with E-state index < -0.39 is 0 Å². The van der Waals surface area contributed by atoms with Gasteiger partial charge in [0.25, 0.3) is 11.5 Å². The number of unbranched alkanes of at least 4 members (excludes halogenated alkanes) is 5. The van der Waals surface area contributed by atoms with E-state index in [1.807, 2.05) is 13.0 Å². The van der Waals surface area contributed by atoms with Crippen LogP contribution in [-0.4, -0.2) is 26.4 Å². The van der Waals surface area contributed by atoms with E-state index in [-0.39, 0.29) is 22.5 Å². The lowest BCUT2D eigenvalue weighted by Gasteiger charge is -2.13. The molecule has 0 spiro atoms. The van der Waals surface area contributed by atoms with Gasteiger partial charge in [0.05, 0.1) is 10.9 Å². The third-order valence-corrected chi connectivity index (χ3v) is 5.20. The first-order valence-corrected chi connectivity index (χ1v) is 10.5. The average molecular weight is 396 g/mol. The lowest BCUT2D eigenvalue weighted by molar-refractivity contribution is 0.0950. The van der Waals surface area contributed by atoms with Crippen LogP contribution in [0.5, 0.6) is 0 Å². The summed E-state index contributed by atoms with van der Waals surface area (Å²) in [7, 11) is 0. The van der Waals surface area contributed by atoms with Gasteiger partial charge in [0.15, 0.2) is 0 Å². The predicted molar refractivity (Wildman–Crippen MR) is 114 cm³/mol. The molecule has 0 aliphatic carbocycles. The van der Waals surface area contributed by atoms with Gasteiger partial charge in [0, 0.05) is 19.3 Å². The number of rotatable bonds is 9. The molecule has 154 valence electrons. The van der Waals surface area contributed by atoms with Crippen molar-refractivity contribution in [2.45, 2.75) is 58.9 Å². The number of nitrogens with one attached hydrogen (secondary N) is 2. The minimum absolute atomic E-state index is 0.0765. The molecule has 3 heterocycles. The van der Waals surface area contributed by atoms with Crippen molar-refractivity contribution in [3.8, 4) is 0 Å². The second-order valence-corrected chi connectivity index (χ2v) is 7.26. The van der Waals surface area contributed by atoms with Crippen molar-refractivity contribution in [2.24, 2.45) is 0 Å². The van der Waals surface area contributed by atoms with Crippen LogP contribution in [0.2, 0.25) is 0 Å². The highest BCUT2D eigenvalue weighted by Gasteiger charge is 2.16. The normalized spacial score (nSPS) is 11.2. The summed E-state index contributed by atoms with van der Waals surface area (Å²) in [6.45, 7) is 5.09. The van der Waals surface area contributed by atoms with Gasteiger partial charge in [-0.1, -0.05) is 45.1 Å². The van der Waals surface area contributed by atoms with E-state index in [4.69, 9.17) is 5.41 Å². The molecule has 0 bridgehead atoms. The standard InChI is InChI=1S/C22H29N5O2/c1-3-5-6-7-8-10-13-24-21(28)16-15-17-20(26(4-2)19(16)23)25-18-12-9-11-14-27(18)22(17)29/h9,11-12,14-15,23H,3-8,10,13H2,1-2H3,(H,24,28). The summed E-state index contributed by atoms with van der Waals surface area (Å²) in [5.74, 6) is -0.315. The van der Waals surface area contributed by atoms with Gasteiger partial charge >= 0.3 is 0 Å². The second-order valence-electron chi connectivity index (χ2n) is 7.26. The zero-order valence-electron chi connectivity index (χ0n) is 17.2.